The van der Waals surface area contributed by atoms with Crippen molar-refractivity contribution >= 4 is 0 Å². The summed E-state index contributed by atoms with van der Waals surface area (Å²) in [5, 5.41) is 0. The molecule has 2 aliphatic rings. The molecule has 100 valence electrons. The van der Waals surface area contributed by atoms with E-state index in [9.17, 15) is 0 Å². The molecule has 0 aliphatic carbocycles. The minimum absolute atomic E-state index is 0.272. The number of piperidine rings is 1. The molecule has 0 radical (unpaired) electrons. The molecule has 0 spiro atoms. The second-order valence-electron chi connectivity index (χ2n) is 5.79. The number of rotatable bonds is 4. The molecule has 0 bridgehead atoms. The highest BCUT2D eigenvalue weighted by atomic mass is 16.5. The monoisotopic (exact) mass is 240 g/mol. The first-order valence-corrected chi connectivity index (χ1v) is 7.30. The average Bonchev–Trinajstić information content (AvgIpc) is 2.39. The Kier molecular flexibility index (Phi) is 4.83. The average molecular weight is 240 g/mol. The molecule has 2 aliphatic heterocycles. The van der Waals surface area contributed by atoms with Crippen molar-refractivity contribution in [2.24, 2.45) is 0 Å². The summed E-state index contributed by atoms with van der Waals surface area (Å²) in [6, 6.07) is 0. The molecule has 2 rings (SSSR count). The van der Waals surface area contributed by atoms with Gasteiger partial charge in [0.1, 0.15) is 0 Å². The maximum absolute atomic E-state index is 5.64. The van der Waals surface area contributed by atoms with Gasteiger partial charge in [-0.1, -0.05) is 13.3 Å². The third-order valence-electron chi connectivity index (χ3n) is 4.58. The van der Waals surface area contributed by atoms with Crippen molar-refractivity contribution in [3.8, 4) is 0 Å². The minimum atomic E-state index is 0.272. The first-order chi connectivity index (χ1) is 8.24. The highest BCUT2D eigenvalue weighted by Crippen LogP contribution is 2.23. The third kappa shape index (κ3) is 3.43. The summed E-state index contributed by atoms with van der Waals surface area (Å²) in [6.45, 7) is 12.6. The Hall–Kier alpha value is -0.120. The summed E-state index contributed by atoms with van der Waals surface area (Å²) >= 11 is 0. The Morgan fingerprint density at radius 2 is 1.82 bits per heavy atom. The van der Waals surface area contributed by atoms with Gasteiger partial charge in [0, 0.05) is 25.2 Å². The van der Waals surface area contributed by atoms with Gasteiger partial charge in [-0.15, -0.1) is 0 Å². The first kappa shape index (κ1) is 13.3. The zero-order valence-corrected chi connectivity index (χ0v) is 11.6. The lowest BCUT2D eigenvalue weighted by atomic mass is 9.96. The van der Waals surface area contributed by atoms with E-state index >= 15 is 0 Å². The maximum Gasteiger partial charge on any atom is 0.0648 e. The number of ether oxygens (including phenoxy) is 1. The standard InChI is InChI=1S/C14H28N2O/c1-3-14(2)13-17-12-11-16(14)10-9-15-7-5-4-6-8-15/h3-13H2,1-2H3/t14-/m0/s1. The second-order valence-corrected chi connectivity index (χ2v) is 5.79. The van der Waals surface area contributed by atoms with E-state index < -0.39 is 0 Å². The number of morpholine rings is 1. The molecule has 2 saturated heterocycles. The van der Waals surface area contributed by atoms with E-state index in [1.807, 2.05) is 0 Å². The zero-order valence-electron chi connectivity index (χ0n) is 11.6. The van der Waals surface area contributed by atoms with Crippen LogP contribution in [0.4, 0.5) is 0 Å². The van der Waals surface area contributed by atoms with Crippen molar-refractivity contribution in [3.05, 3.63) is 0 Å². The van der Waals surface area contributed by atoms with Gasteiger partial charge in [0.15, 0.2) is 0 Å². The number of hydrogen-bond acceptors (Lipinski definition) is 3. The van der Waals surface area contributed by atoms with Gasteiger partial charge in [-0.25, -0.2) is 0 Å². The van der Waals surface area contributed by atoms with Gasteiger partial charge in [0.25, 0.3) is 0 Å². The largest absolute Gasteiger partial charge is 0.378 e. The van der Waals surface area contributed by atoms with Crippen LogP contribution in [0, 0.1) is 0 Å². The molecular weight excluding hydrogens is 212 g/mol. The summed E-state index contributed by atoms with van der Waals surface area (Å²) in [5.74, 6) is 0. The van der Waals surface area contributed by atoms with Gasteiger partial charge in [0.2, 0.25) is 0 Å². The van der Waals surface area contributed by atoms with Crippen LogP contribution in [0.1, 0.15) is 39.5 Å². The summed E-state index contributed by atoms with van der Waals surface area (Å²) in [5.41, 5.74) is 0.272. The van der Waals surface area contributed by atoms with Crippen LogP contribution in [-0.4, -0.2) is 61.3 Å². The molecule has 2 fully saturated rings. The molecule has 0 unspecified atom stereocenters. The molecule has 0 aromatic rings. The molecule has 0 aromatic carbocycles. The molecule has 17 heavy (non-hydrogen) atoms. The van der Waals surface area contributed by atoms with E-state index in [0.717, 1.165) is 19.8 Å². The normalized spacial score (nSPS) is 32.8. The van der Waals surface area contributed by atoms with E-state index in [1.54, 1.807) is 0 Å². The summed E-state index contributed by atoms with van der Waals surface area (Å²) in [4.78, 5) is 5.28. The quantitative estimate of drug-likeness (QED) is 0.747. The van der Waals surface area contributed by atoms with Crippen molar-refractivity contribution in [1.82, 2.24) is 9.80 Å². The van der Waals surface area contributed by atoms with Crippen molar-refractivity contribution in [1.29, 1.82) is 0 Å². The fourth-order valence-electron chi connectivity index (χ4n) is 2.98. The lowest BCUT2D eigenvalue weighted by molar-refractivity contribution is -0.0646. The Morgan fingerprint density at radius 1 is 1.06 bits per heavy atom. The van der Waals surface area contributed by atoms with E-state index in [2.05, 4.69) is 23.6 Å². The van der Waals surface area contributed by atoms with Crippen LogP contribution >= 0.6 is 0 Å². The van der Waals surface area contributed by atoms with Gasteiger partial charge in [-0.2, -0.15) is 0 Å². The Bertz CT molecular complexity index is 228. The van der Waals surface area contributed by atoms with Gasteiger partial charge in [-0.05, 0) is 39.3 Å². The van der Waals surface area contributed by atoms with Crippen LogP contribution in [0.25, 0.3) is 0 Å². The molecule has 3 heteroatoms. The van der Waals surface area contributed by atoms with Crippen molar-refractivity contribution in [2.75, 3.05) is 45.9 Å². The van der Waals surface area contributed by atoms with E-state index in [-0.39, 0.29) is 5.54 Å². The van der Waals surface area contributed by atoms with Crippen LogP contribution < -0.4 is 0 Å². The Balaban J connectivity index is 1.79. The summed E-state index contributed by atoms with van der Waals surface area (Å²) < 4.78 is 5.64. The summed E-state index contributed by atoms with van der Waals surface area (Å²) in [6.07, 6.45) is 5.41. The highest BCUT2D eigenvalue weighted by molar-refractivity contribution is 4.88. The van der Waals surface area contributed by atoms with Gasteiger partial charge >= 0.3 is 0 Å². The van der Waals surface area contributed by atoms with Crippen LogP contribution in [0.2, 0.25) is 0 Å². The predicted octanol–water partition coefficient (Wildman–Crippen LogP) is 1.97. The van der Waals surface area contributed by atoms with Gasteiger partial charge in [-0.3, -0.25) is 4.90 Å². The fourth-order valence-corrected chi connectivity index (χ4v) is 2.98. The number of likely N-dealkylation sites (tertiary alicyclic amines) is 1. The fraction of sp³-hybridized carbons (Fsp3) is 1.00. The highest BCUT2D eigenvalue weighted by Gasteiger charge is 2.33. The van der Waals surface area contributed by atoms with E-state index in [4.69, 9.17) is 4.74 Å². The third-order valence-corrected chi connectivity index (χ3v) is 4.58. The Morgan fingerprint density at radius 3 is 2.53 bits per heavy atom. The molecule has 3 nitrogen and oxygen atoms in total. The van der Waals surface area contributed by atoms with Gasteiger partial charge in [0.05, 0.1) is 13.2 Å². The van der Waals surface area contributed by atoms with Crippen LogP contribution in [0.5, 0.6) is 0 Å². The minimum Gasteiger partial charge on any atom is -0.378 e. The van der Waals surface area contributed by atoms with Crippen molar-refractivity contribution < 1.29 is 4.74 Å². The molecule has 2 heterocycles. The number of hydrogen-bond donors (Lipinski definition) is 0. The predicted molar refractivity (Wildman–Crippen MR) is 71.4 cm³/mol. The topological polar surface area (TPSA) is 15.7 Å². The molecule has 0 amide bonds. The SMILES string of the molecule is CC[C@@]1(C)COCCN1CCN1CCCCC1. The Labute approximate surface area is 106 Å². The van der Waals surface area contributed by atoms with Crippen LogP contribution in [0.15, 0.2) is 0 Å². The van der Waals surface area contributed by atoms with Crippen molar-refractivity contribution in [3.63, 3.8) is 0 Å². The van der Waals surface area contributed by atoms with Crippen LogP contribution in [0.3, 0.4) is 0 Å². The first-order valence-electron chi connectivity index (χ1n) is 7.30. The van der Waals surface area contributed by atoms with E-state index in [1.165, 1.54) is 51.9 Å². The molecular formula is C14H28N2O. The van der Waals surface area contributed by atoms with Gasteiger partial charge < -0.3 is 9.64 Å². The summed E-state index contributed by atoms with van der Waals surface area (Å²) in [7, 11) is 0. The number of nitrogens with zero attached hydrogens (tertiary/aromatic N) is 2. The van der Waals surface area contributed by atoms with Crippen LogP contribution in [-0.2, 0) is 4.74 Å². The van der Waals surface area contributed by atoms with E-state index in [0.29, 0.717) is 0 Å². The second kappa shape index (κ2) is 6.17. The van der Waals surface area contributed by atoms with Crippen molar-refractivity contribution in [2.45, 2.75) is 45.1 Å². The zero-order chi connectivity index (χ0) is 12.1. The molecule has 0 saturated carbocycles. The maximum atomic E-state index is 5.64. The smallest absolute Gasteiger partial charge is 0.0648 e. The lowest BCUT2D eigenvalue weighted by Gasteiger charge is -2.45. The molecule has 1 atom stereocenters. The molecule has 0 N–H and O–H groups in total. The lowest BCUT2D eigenvalue weighted by Crippen LogP contribution is -2.56. The molecule has 0 aromatic heterocycles.